The molecule has 0 unspecified atom stereocenters. The number of aryl methyl sites for hydroxylation is 1. The maximum atomic E-state index is 13.1. The molecule has 5 rings (SSSR count). The van der Waals surface area contributed by atoms with Crippen LogP contribution in [-0.2, 0) is 4.79 Å². The van der Waals surface area contributed by atoms with Crippen molar-refractivity contribution >= 4 is 39.7 Å². The van der Waals surface area contributed by atoms with Crippen LogP contribution >= 0.6 is 11.3 Å². The first-order chi connectivity index (χ1) is 16.1. The highest BCUT2D eigenvalue weighted by molar-refractivity contribution is 7.10. The first kappa shape index (κ1) is 23.0. The molecule has 1 aliphatic carbocycles. The minimum Gasteiger partial charge on any atom is -0.342 e. The Morgan fingerprint density at radius 1 is 1.06 bits per heavy atom. The van der Waals surface area contributed by atoms with Gasteiger partial charge in [0, 0.05) is 41.4 Å². The van der Waals surface area contributed by atoms with Gasteiger partial charge < -0.3 is 10.2 Å². The summed E-state index contributed by atoms with van der Waals surface area (Å²) in [5, 5.41) is 6.77. The van der Waals surface area contributed by atoms with Gasteiger partial charge in [-0.1, -0.05) is 45.9 Å². The van der Waals surface area contributed by atoms with E-state index in [1.807, 2.05) is 47.5 Å². The van der Waals surface area contributed by atoms with E-state index in [4.69, 9.17) is 0 Å². The van der Waals surface area contributed by atoms with E-state index in [-0.39, 0.29) is 22.7 Å². The lowest BCUT2D eigenvalue weighted by Crippen LogP contribution is -2.39. The van der Waals surface area contributed by atoms with E-state index >= 15 is 0 Å². The molecule has 2 fully saturated rings. The smallest absolute Gasteiger partial charge is 0.275 e. The van der Waals surface area contributed by atoms with Crippen LogP contribution in [0.5, 0.6) is 0 Å². The number of hydrogen-bond donors (Lipinski definition) is 1. The largest absolute Gasteiger partial charge is 0.342 e. The molecule has 0 atom stereocenters. The van der Waals surface area contributed by atoms with Gasteiger partial charge in [-0.2, -0.15) is 0 Å². The molecular weight excluding hydrogens is 444 g/mol. The molecular formula is C27H32N4O2S. The van der Waals surface area contributed by atoms with Crippen LogP contribution in [0.3, 0.4) is 0 Å². The van der Waals surface area contributed by atoms with Gasteiger partial charge in [0.05, 0.1) is 16.2 Å². The van der Waals surface area contributed by atoms with Gasteiger partial charge in [-0.15, -0.1) is 11.3 Å². The van der Waals surface area contributed by atoms with Gasteiger partial charge in [0.25, 0.3) is 5.91 Å². The number of pyridine rings is 1. The Morgan fingerprint density at radius 3 is 2.41 bits per heavy atom. The topological polar surface area (TPSA) is 75.2 Å². The van der Waals surface area contributed by atoms with E-state index in [0.29, 0.717) is 17.5 Å². The van der Waals surface area contributed by atoms with Crippen molar-refractivity contribution in [3.8, 4) is 0 Å². The van der Waals surface area contributed by atoms with Gasteiger partial charge in [-0.05, 0) is 42.7 Å². The fourth-order valence-electron chi connectivity index (χ4n) is 5.52. The number of carbonyl (C=O) groups is 2. The molecule has 7 heteroatoms. The SMILES string of the molecule is Cc1cc(NC(=O)c2csc(C3CCN(C(=O)C4C(C)(C)C4(C)C)CC3)n2)c2ccccc2n1. The minimum absolute atomic E-state index is 0.0667. The van der Waals surface area contributed by atoms with E-state index < -0.39 is 0 Å². The van der Waals surface area contributed by atoms with Crippen molar-refractivity contribution in [2.75, 3.05) is 18.4 Å². The van der Waals surface area contributed by atoms with Crippen molar-refractivity contribution in [3.05, 3.63) is 52.1 Å². The summed E-state index contributed by atoms with van der Waals surface area (Å²) in [7, 11) is 0. The Morgan fingerprint density at radius 2 is 1.74 bits per heavy atom. The van der Waals surface area contributed by atoms with Crippen molar-refractivity contribution < 1.29 is 9.59 Å². The van der Waals surface area contributed by atoms with Gasteiger partial charge in [-0.25, -0.2) is 4.98 Å². The fraction of sp³-hybridized carbons (Fsp3) is 0.481. The van der Waals surface area contributed by atoms with Crippen LogP contribution in [-0.4, -0.2) is 39.8 Å². The predicted molar refractivity (Wildman–Crippen MR) is 136 cm³/mol. The van der Waals surface area contributed by atoms with Crippen LogP contribution in [0, 0.1) is 23.7 Å². The monoisotopic (exact) mass is 476 g/mol. The molecule has 0 spiro atoms. The van der Waals surface area contributed by atoms with Crippen molar-refractivity contribution in [1.29, 1.82) is 0 Å². The number of amides is 2. The summed E-state index contributed by atoms with van der Waals surface area (Å²) in [6.45, 7) is 12.2. The van der Waals surface area contributed by atoms with Crippen molar-refractivity contribution in [2.24, 2.45) is 16.7 Å². The Hall–Kier alpha value is -2.80. The molecule has 34 heavy (non-hydrogen) atoms. The maximum Gasteiger partial charge on any atom is 0.275 e. The quantitative estimate of drug-likeness (QED) is 0.529. The lowest BCUT2D eigenvalue weighted by Gasteiger charge is -2.31. The van der Waals surface area contributed by atoms with Crippen LogP contribution in [0.15, 0.2) is 35.7 Å². The number of fused-ring (bicyclic) bond motifs is 1. The number of benzene rings is 1. The number of nitrogens with zero attached hydrogens (tertiary/aromatic N) is 3. The lowest BCUT2D eigenvalue weighted by molar-refractivity contribution is -0.134. The number of rotatable bonds is 4. The zero-order valence-electron chi connectivity index (χ0n) is 20.5. The summed E-state index contributed by atoms with van der Waals surface area (Å²) in [6.07, 6.45) is 1.78. The van der Waals surface area contributed by atoms with Crippen LogP contribution < -0.4 is 5.32 Å². The van der Waals surface area contributed by atoms with Gasteiger partial charge in [0.2, 0.25) is 5.91 Å². The third-order valence-corrected chi connectivity index (χ3v) is 9.28. The molecule has 1 N–H and O–H groups in total. The first-order valence-electron chi connectivity index (χ1n) is 12.0. The summed E-state index contributed by atoms with van der Waals surface area (Å²) < 4.78 is 0. The van der Waals surface area contributed by atoms with Gasteiger partial charge >= 0.3 is 0 Å². The van der Waals surface area contributed by atoms with Crippen LogP contribution in [0.4, 0.5) is 5.69 Å². The molecule has 1 saturated heterocycles. The van der Waals surface area contributed by atoms with E-state index in [2.05, 4.69) is 43.0 Å². The summed E-state index contributed by atoms with van der Waals surface area (Å²) in [5.74, 6) is 0.496. The van der Waals surface area contributed by atoms with Crippen molar-refractivity contribution in [2.45, 2.75) is 53.4 Å². The van der Waals surface area contributed by atoms with E-state index in [9.17, 15) is 9.59 Å². The second-order valence-electron chi connectivity index (χ2n) is 10.8. The predicted octanol–water partition coefficient (Wildman–Crippen LogP) is 5.64. The number of anilines is 1. The number of para-hydroxylation sites is 1. The van der Waals surface area contributed by atoms with Crippen LogP contribution in [0.2, 0.25) is 0 Å². The second kappa shape index (κ2) is 8.15. The average Bonchev–Trinajstić information content (AvgIpc) is 3.13. The molecule has 2 aromatic heterocycles. The number of hydrogen-bond acceptors (Lipinski definition) is 5. The Balaban J connectivity index is 1.23. The number of thiazole rings is 1. The number of carbonyl (C=O) groups excluding carboxylic acids is 2. The zero-order chi connectivity index (χ0) is 24.3. The molecule has 1 saturated carbocycles. The molecule has 3 aromatic rings. The van der Waals surface area contributed by atoms with Gasteiger partial charge in [0.15, 0.2) is 0 Å². The van der Waals surface area contributed by atoms with Gasteiger partial charge in [-0.3, -0.25) is 14.6 Å². The highest BCUT2D eigenvalue weighted by Crippen LogP contribution is 2.68. The highest BCUT2D eigenvalue weighted by atomic mass is 32.1. The van der Waals surface area contributed by atoms with Crippen molar-refractivity contribution in [1.82, 2.24) is 14.9 Å². The molecule has 1 aliphatic heterocycles. The summed E-state index contributed by atoms with van der Waals surface area (Å²) in [5.41, 5.74) is 3.04. The summed E-state index contributed by atoms with van der Waals surface area (Å²) in [4.78, 5) is 37.3. The Bertz CT molecular complexity index is 1260. The average molecular weight is 477 g/mol. The maximum absolute atomic E-state index is 13.1. The van der Waals surface area contributed by atoms with E-state index in [1.165, 1.54) is 0 Å². The zero-order valence-corrected chi connectivity index (χ0v) is 21.3. The Labute approximate surface area is 204 Å². The molecule has 0 radical (unpaired) electrons. The Kier molecular flexibility index (Phi) is 5.51. The van der Waals surface area contributed by atoms with E-state index in [1.54, 1.807) is 11.3 Å². The molecule has 178 valence electrons. The number of piperidine rings is 1. The molecule has 6 nitrogen and oxygen atoms in total. The first-order valence-corrected chi connectivity index (χ1v) is 12.9. The minimum atomic E-state index is -0.205. The molecule has 3 heterocycles. The van der Waals surface area contributed by atoms with Crippen LogP contribution in [0.25, 0.3) is 10.9 Å². The lowest BCUT2D eigenvalue weighted by atomic mass is 9.96. The van der Waals surface area contributed by atoms with Crippen molar-refractivity contribution in [3.63, 3.8) is 0 Å². The number of likely N-dealkylation sites (tertiary alicyclic amines) is 1. The second-order valence-corrected chi connectivity index (χ2v) is 11.7. The van der Waals surface area contributed by atoms with Gasteiger partial charge in [0.1, 0.15) is 5.69 Å². The summed E-state index contributed by atoms with van der Waals surface area (Å²) >= 11 is 1.54. The molecule has 2 amide bonds. The number of aromatic nitrogens is 2. The third-order valence-electron chi connectivity index (χ3n) is 8.27. The van der Waals surface area contributed by atoms with Crippen LogP contribution in [0.1, 0.15) is 67.6 Å². The third kappa shape index (κ3) is 3.80. The molecule has 2 aliphatic rings. The normalized spacial score (nSPS) is 19.9. The molecule has 1 aromatic carbocycles. The van der Waals surface area contributed by atoms with E-state index in [0.717, 1.165) is 53.2 Å². The molecule has 0 bridgehead atoms. The number of nitrogens with one attached hydrogen (secondary N) is 1. The highest BCUT2D eigenvalue weighted by Gasteiger charge is 2.68. The standard InChI is InChI=1S/C27H32N4O2S/c1-16-14-20(18-8-6-7-9-19(18)28-16)29-23(32)21-15-34-24(30-21)17-10-12-31(13-11-17)25(33)22-26(2,3)27(22,4)5/h6-9,14-15,17,22H,10-13H2,1-5H3,(H,28,29,32). The fourth-order valence-corrected chi connectivity index (χ4v) is 6.49. The summed E-state index contributed by atoms with van der Waals surface area (Å²) in [6, 6.07) is 9.68.